The summed E-state index contributed by atoms with van der Waals surface area (Å²) >= 11 is 0. The predicted molar refractivity (Wildman–Crippen MR) is 129 cm³/mol. The number of nitrogens with zero attached hydrogens (tertiary/aromatic N) is 1. The van der Waals surface area contributed by atoms with Crippen LogP contribution in [0.25, 0.3) is 10.9 Å². The molecule has 1 atom stereocenters. The number of aromatic nitrogens is 1. The van der Waals surface area contributed by atoms with Crippen LogP contribution in [0.15, 0.2) is 48.5 Å². The van der Waals surface area contributed by atoms with Crippen molar-refractivity contribution in [1.29, 1.82) is 0 Å². The van der Waals surface area contributed by atoms with Crippen molar-refractivity contribution in [1.82, 2.24) is 9.88 Å². The number of nitrogens with one attached hydrogen (secondary N) is 1. The minimum atomic E-state index is -1.82. The van der Waals surface area contributed by atoms with Gasteiger partial charge in [-0.25, -0.2) is 14.4 Å². The maximum Gasteiger partial charge on any atom is 0.414 e. The third-order valence-electron chi connectivity index (χ3n) is 5.12. The number of carboxylic acids is 2. The van der Waals surface area contributed by atoms with Crippen LogP contribution in [0.4, 0.5) is 0 Å². The van der Waals surface area contributed by atoms with E-state index in [2.05, 4.69) is 5.32 Å². The quantitative estimate of drug-likeness (QED) is 0.264. The summed E-state index contributed by atoms with van der Waals surface area (Å²) in [6, 6.07) is 15.6. The molecule has 188 valence electrons. The molecule has 4 N–H and O–H groups in total. The van der Waals surface area contributed by atoms with Crippen LogP contribution >= 0.6 is 0 Å². The molecule has 0 aliphatic carbocycles. The van der Waals surface area contributed by atoms with E-state index < -0.39 is 18.0 Å². The summed E-state index contributed by atoms with van der Waals surface area (Å²) in [5, 5.41) is 29.0. The molecule has 0 saturated heterocycles. The second-order valence-electron chi connectivity index (χ2n) is 7.61. The lowest BCUT2D eigenvalue weighted by molar-refractivity contribution is -0.159. The number of benzene rings is 2. The zero-order valence-corrected chi connectivity index (χ0v) is 19.9. The number of ether oxygens (including phenoxy) is 2. The highest BCUT2D eigenvalue weighted by molar-refractivity contribution is 6.27. The molecule has 2 aromatic carbocycles. The molecule has 1 unspecified atom stereocenters. The van der Waals surface area contributed by atoms with E-state index in [0.717, 1.165) is 22.2 Å². The van der Waals surface area contributed by atoms with E-state index in [1.165, 1.54) is 0 Å². The number of carboxylic acid groups (broad SMARTS) is 2. The van der Waals surface area contributed by atoms with Crippen LogP contribution in [0, 0.1) is 6.92 Å². The molecule has 3 aromatic rings. The number of fused-ring (bicyclic) bond motifs is 1. The number of carbonyl (C=O) groups is 3. The second-order valence-corrected chi connectivity index (χ2v) is 7.61. The highest BCUT2D eigenvalue weighted by atomic mass is 16.5. The Kier molecular flexibility index (Phi) is 10.2. The van der Waals surface area contributed by atoms with Gasteiger partial charge in [-0.05, 0) is 37.6 Å². The molecular weight excluding hydrogens is 456 g/mol. The van der Waals surface area contributed by atoms with Crippen molar-refractivity contribution in [2.24, 2.45) is 7.05 Å². The van der Waals surface area contributed by atoms with Gasteiger partial charge in [0.2, 0.25) is 0 Å². The molecule has 35 heavy (non-hydrogen) atoms. The summed E-state index contributed by atoms with van der Waals surface area (Å²) < 4.78 is 12.9. The Bertz CT molecular complexity index is 1150. The number of aryl methyl sites for hydroxylation is 1. The molecule has 1 aromatic heterocycles. The largest absolute Gasteiger partial charge is 0.491 e. The van der Waals surface area contributed by atoms with E-state index in [1.807, 2.05) is 67.1 Å². The third-order valence-corrected chi connectivity index (χ3v) is 5.12. The lowest BCUT2D eigenvalue weighted by atomic mass is 10.1. The van der Waals surface area contributed by atoms with E-state index in [4.69, 9.17) is 29.3 Å². The average Bonchev–Trinajstić information content (AvgIpc) is 3.08. The molecule has 0 radical (unpaired) electrons. The molecular formula is C25H30N2O8. The fourth-order valence-electron chi connectivity index (χ4n) is 3.33. The first kappa shape index (κ1) is 27.4. The van der Waals surface area contributed by atoms with Gasteiger partial charge >= 0.3 is 17.9 Å². The van der Waals surface area contributed by atoms with Gasteiger partial charge in [0.25, 0.3) is 0 Å². The summed E-state index contributed by atoms with van der Waals surface area (Å²) in [6.07, 6.45) is -0.642. The molecule has 10 heteroatoms. The number of rotatable bonds is 9. The molecule has 10 nitrogen and oxygen atoms in total. The number of aliphatic hydroxyl groups excluding tert-OH is 1. The van der Waals surface area contributed by atoms with Gasteiger partial charge in [0, 0.05) is 36.7 Å². The van der Waals surface area contributed by atoms with Crippen molar-refractivity contribution in [3.05, 3.63) is 65.4 Å². The molecule has 0 aliphatic rings. The van der Waals surface area contributed by atoms with Gasteiger partial charge in [0.1, 0.15) is 18.5 Å². The first-order chi connectivity index (χ1) is 16.6. The Morgan fingerprint density at radius 2 is 1.71 bits per heavy atom. The highest BCUT2D eigenvalue weighted by Gasteiger charge is 2.20. The fraction of sp³-hybridized carbons (Fsp3) is 0.320. The fourth-order valence-corrected chi connectivity index (χ4v) is 3.33. The van der Waals surface area contributed by atoms with Gasteiger partial charge < -0.3 is 34.7 Å². The molecule has 0 fully saturated rings. The number of esters is 1. The van der Waals surface area contributed by atoms with E-state index in [-0.39, 0.29) is 12.6 Å². The van der Waals surface area contributed by atoms with Gasteiger partial charge in [-0.3, -0.25) is 0 Å². The molecule has 0 saturated carbocycles. The van der Waals surface area contributed by atoms with Crippen LogP contribution in [0.5, 0.6) is 5.75 Å². The van der Waals surface area contributed by atoms with Crippen LogP contribution in [0.2, 0.25) is 0 Å². The maximum atomic E-state index is 12.4. The molecule has 0 bridgehead atoms. The summed E-state index contributed by atoms with van der Waals surface area (Å²) in [4.78, 5) is 30.6. The van der Waals surface area contributed by atoms with Crippen LogP contribution in [0.1, 0.15) is 28.5 Å². The summed E-state index contributed by atoms with van der Waals surface area (Å²) in [6.45, 7) is 5.29. The van der Waals surface area contributed by atoms with Crippen molar-refractivity contribution in [3.8, 4) is 5.75 Å². The highest BCUT2D eigenvalue weighted by Crippen LogP contribution is 2.29. The second kappa shape index (κ2) is 13.1. The SMILES string of the molecule is CCOC(=O)c1c(C)n(C)c2ccc(OCC(O)CNCc3ccccc3)cc12.O=C(O)C(=O)O. The minimum absolute atomic E-state index is 0.161. The summed E-state index contributed by atoms with van der Waals surface area (Å²) in [5.41, 5.74) is 3.50. The number of aliphatic carboxylic acids is 2. The topological polar surface area (TPSA) is 147 Å². The number of hydrogen-bond donors (Lipinski definition) is 4. The van der Waals surface area contributed by atoms with Gasteiger partial charge in [-0.2, -0.15) is 0 Å². The lowest BCUT2D eigenvalue weighted by Gasteiger charge is -2.13. The van der Waals surface area contributed by atoms with Crippen LogP contribution < -0.4 is 10.1 Å². The van der Waals surface area contributed by atoms with Crippen molar-refractivity contribution < 1.29 is 39.2 Å². The Labute approximate surface area is 202 Å². The van der Waals surface area contributed by atoms with Crippen LogP contribution in [-0.4, -0.2) is 63.7 Å². The van der Waals surface area contributed by atoms with Crippen molar-refractivity contribution in [3.63, 3.8) is 0 Å². The summed E-state index contributed by atoms with van der Waals surface area (Å²) in [7, 11) is 1.92. The zero-order valence-electron chi connectivity index (χ0n) is 19.9. The van der Waals surface area contributed by atoms with Gasteiger partial charge in [-0.15, -0.1) is 0 Å². The standard InChI is InChI=1S/C23H28N2O4.C2H2O4/c1-4-28-23(27)22-16(2)25(3)21-11-10-19(12-20(21)22)29-15-18(26)14-24-13-17-8-6-5-7-9-17;3-1(4)2(5)6/h5-12,18,24,26H,4,13-15H2,1-3H3;(H,3,4)(H,5,6). The molecule has 0 aliphatic heterocycles. The molecule has 3 rings (SSSR count). The van der Waals surface area contributed by atoms with E-state index in [9.17, 15) is 9.90 Å². The van der Waals surface area contributed by atoms with Crippen molar-refractivity contribution in [2.75, 3.05) is 19.8 Å². The smallest absolute Gasteiger partial charge is 0.414 e. The van der Waals surface area contributed by atoms with E-state index in [1.54, 1.807) is 6.92 Å². The number of hydrogen-bond acceptors (Lipinski definition) is 7. The Hall–Kier alpha value is -3.89. The normalized spacial score (nSPS) is 11.3. The predicted octanol–water partition coefficient (Wildman–Crippen LogP) is 2.35. The van der Waals surface area contributed by atoms with Crippen LogP contribution in [-0.2, 0) is 27.9 Å². The van der Waals surface area contributed by atoms with Gasteiger partial charge in [0.15, 0.2) is 0 Å². The Morgan fingerprint density at radius 1 is 1.06 bits per heavy atom. The zero-order chi connectivity index (χ0) is 26.0. The molecule has 0 amide bonds. The Balaban J connectivity index is 0.000000641. The average molecular weight is 487 g/mol. The number of aliphatic hydroxyl groups is 1. The third kappa shape index (κ3) is 7.83. The number of carbonyl (C=O) groups excluding carboxylic acids is 1. The molecule has 1 heterocycles. The lowest BCUT2D eigenvalue weighted by Crippen LogP contribution is -2.31. The molecule has 0 spiro atoms. The van der Waals surface area contributed by atoms with Gasteiger partial charge in [0.05, 0.1) is 12.2 Å². The van der Waals surface area contributed by atoms with Crippen molar-refractivity contribution >= 4 is 28.8 Å². The monoisotopic (exact) mass is 486 g/mol. The van der Waals surface area contributed by atoms with E-state index >= 15 is 0 Å². The first-order valence-corrected chi connectivity index (χ1v) is 10.9. The summed E-state index contributed by atoms with van der Waals surface area (Å²) in [5.74, 6) is -3.38. The van der Waals surface area contributed by atoms with E-state index in [0.29, 0.717) is 31.0 Å². The maximum absolute atomic E-state index is 12.4. The Morgan fingerprint density at radius 3 is 2.31 bits per heavy atom. The first-order valence-electron chi connectivity index (χ1n) is 10.9. The van der Waals surface area contributed by atoms with Crippen LogP contribution in [0.3, 0.4) is 0 Å². The minimum Gasteiger partial charge on any atom is -0.491 e. The van der Waals surface area contributed by atoms with Crippen molar-refractivity contribution in [2.45, 2.75) is 26.5 Å². The van der Waals surface area contributed by atoms with Gasteiger partial charge in [-0.1, -0.05) is 30.3 Å².